The van der Waals surface area contributed by atoms with Crippen LogP contribution in [0.15, 0.2) is 16.9 Å². The second-order valence-corrected chi connectivity index (χ2v) is 6.29. The van der Waals surface area contributed by atoms with Crippen LogP contribution in [0.3, 0.4) is 0 Å². The minimum absolute atomic E-state index is 0.268. The molecule has 0 spiro atoms. The highest BCUT2D eigenvalue weighted by Crippen LogP contribution is 2.21. The molecule has 3 aromatic rings. The van der Waals surface area contributed by atoms with Crippen molar-refractivity contribution < 1.29 is 4.52 Å². The highest BCUT2D eigenvalue weighted by molar-refractivity contribution is 5.48. The molecule has 24 heavy (non-hydrogen) atoms. The van der Waals surface area contributed by atoms with Gasteiger partial charge in [-0.15, -0.1) is 0 Å². The summed E-state index contributed by atoms with van der Waals surface area (Å²) in [6.45, 7) is 9.41. The first-order chi connectivity index (χ1) is 11.6. The highest BCUT2D eigenvalue weighted by atomic mass is 16.5. The lowest BCUT2D eigenvalue weighted by Crippen LogP contribution is -2.47. The summed E-state index contributed by atoms with van der Waals surface area (Å²) in [4.78, 5) is 17.5. The number of hydrogen-bond acceptors (Lipinski definition) is 8. The van der Waals surface area contributed by atoms with E-state index in [1.807, 2.05) is 13.0 Å². The van der Waals surface area contributed by atoms with E-state index in [0.29, 0.717) is 11.8 Å². The summed E-state index contributed by atoms with van der Waals surface area (Å²) in [6, 6.07) is 2.65. The Hall–Kier alpha value is -2.71. The monoisotopic (exact) mass is 328 g/mol. The average molecular weight is 328 g/mol. The largest absolute Gasteiger partial charge is 0.353 e. The van der Waals surface area contributed by atoms with E-state index in [1.165, 1.54) is 6.33 Å². The zero-order chi connectivity index (χ0) is 16.7. The van der Waals surface area contributed by atoms with Crippen molar-refractivity contribution in [1.82, 2.24) is 29.7 Å². The van der Waals surface area contributed by atoms with Crippen LogP contribution < -0.4 is 9.80 Å². The molecular formula is C15H20N8O. The van der Waals surface area contributed by atoms with E-state index in [9.17, 15) is 0 Å². The molecule has 9 nitrogen and oxygen atoms in total. The fourth-order valence-electron chi connectivity index (χ4n) is 2.85. The van der Waals surface area contributed by atoms with Crippen molar-refractivity contribution in [2.75, 3.05) is 36.0 Å². The van der Waals surface area contributed by atoms with Crippen LogP contribution in [0.2, 0.25) is 0 Å². The Morgan fingerprint density at radius 1 is 1.08 bits per heavy atom. The van der Waals surface area contributed by atoms with Gasteiger partial charge >= 0.3 is 6.01 Å². The molecule has 0 aromatic carbocycles. The summed E-state index contributed by atoms with van der Waals surface area (Å²) in [6.07, 6.45) is 1.54. The van der Waals surface area contributed by atoms with Crippen LogP contribution in [0.1, 0.15) is 31.3 Å². The van der Waals surface area contributed by atoms with Crippen LogP contribution in [0.4, 0.5) is 11.8 Å². The predicted molar refractivity (Wildman–Crippen MR) is 88.3 cm³/mol. The third-order valence-corrected chi connectivity index (χ3v) is 4.18. The Balaban J connectivity index is 1.52. The first-order valence-corrected chi connectivity index (χ1v) is 8.12. The maximum absolute atomic E-state index is 5.39. The number of hydrogen-bond donors (Lipinski definition) is 0. The van der Waals surface area contributed by atoms with E-state index < -0.39 is 0 Å². The van der Waals surface area contributed by atoms with Gasteiger partial charge in [0.2, 0.25) is 0 Å². The number of aromatic nitrogens is 6. The van der Waals surface area contributed by atoms with Gasteiger partial charge in [0.05, 0.1) is 0 Å². The first kappa shape index (κ1) is 14.9. The van der Waals surface area contributed by atoms with Crippen molar-refractivity contribution in [2.24, 2.45) is 0 Å². The fraction of sp³-hybridized carbons (Fsp3) is 0.533. The molecule has 126 valence electrons. The zero-order valence-corrected chi connectivity index (χ0v) is 14.0. The molecule has 0 unspecified atom stereocenters. The van der Waals surface area contributed by atoms with Gasteiger partial charge in [0.15, 0.2) is 5.82 Å². The normalized spacial score (nSPS) is 15.7. The molecule has 4 heterocycles. The van der Waals surface area contributed by atoms with Gasteiger partial charge < -0.3 is 14.3 Å². The van der Waals surface area contributed by atoms with Crippen LogP contribution >= 0.6 is 0 Å². The van der Waals surface area contributed by atoms with Crippen LogP contribution in [-0.2, 0) is 0 Å². The van der Waals surface area contributed by atoms with Gasteiger partial charge in [-0.25, -0.2) is 4.98 Å². The Kier molecular flexibility index (Phi) is 3.55. The van der Waals surface area contributed by atoms with Gasteiger partial charge in [0.1, 0.15) is 12.1 Å². The maximum Gasteiger partial charge on any atom is 0.324 e. The molecule has 0 radical (unpaired) electrons. The molecule has 9 heteroatoms. The Morgan fingerprint density at radius 3 is 2.54 bits per heavy atom. The van der Waals surface area contributed by atoms with Crippen molar-refractivity contribution in [3.05, 3.63) is 23.9 Å². The molecule has 1 saturated heterocycles. The van der Waals surface area contributed by atoms with Gasteiger partial charge in [-0.2, -0.15) is 19.6 Å². The molecule has 0 saturated carbocycles. The summed E-state index contributed by atoms with van der Waals surface area (Å²) in [5.41, 5.74) is 0.936. The van der Waals surface area contributed by atoms with Gasteiger partial charge in [0.25, 0.3) is 5.78 Å². The number of piperazine rings is 1. The summed E-state index contributed by atoms with van der Waals surface area (Å²) < 4.78 is 7.18. The van der Waals surface area contributed by atoms with Gasteiger partial charge in [-0.1, -0.05) is 19.0 Å². The summed E-state index contributed by atoms with van der Waals surface area (Å²) in [7, 11) is 0. The molecule has 0 amide bonds. The third kappa shape index (κ3) is 2.55. The van der Waals surface area contributed by atoms with Crippen molar-refractivity contribution in [3.8, 4) is 0 Å². The number of nitrogens with zero attached hydrogens (tertiary/aromatic N) is 8. The standard InChI is InChI=1S/C15H20N8O/c1-10(2)13-19-15(24-20-13)22-6-4-21(5-7-22)12-8-11(3)18-14-16-9-17-23(12)14/h8-10H,4-7H2,1-3H3. The van der Waals surface area contributed by atoms with Crippen LogP contribution in [-0.4, -0.2) is 55.9 Å². The topological polar surface area (TPSA) is 88.5 Å². The molecule has 0 aliphatic carbocycles. The molecular weight excluding hydrogens is 308 g/mol. The third-order valence-electron chi connectivity index (χ3n) is 4.18. The average Bonchev–Trinajstić information content (AvgIpc) is 3.23. The fourth-order valence-corrected chi connectivity index (χ4v) is 2.85. The van der Waals surface area contributed by atoms with Crippen molar-refractivity contribution in [3.63, 3.8) is 0 Å². The SMILES string of the molecule is Cc1cc(N2CCN(c3nc(C(C)C)no3)CC2)n2ncnc2n1. The maximum atomic E-state index is 5.39. The van der Waals surface area contributed by atoms with E-state index in [1.54, 1.807) is 4.52 Å². The number of fused-ring (bicyclic) bond motifs is 1. The van der Waals surface area contributed by atoms with E-state index >= 15 is 0 Å². The first-order valence-electron chi connectivity index (χ1n) is 8.12. The lowest BCUT2D eigenvalue weighted by Gasteiger charge is -2.34. The highest BCUT2D eigenvalue weighted by Gasteiger charge is 2.24. The summed E-state index contributed by atoms with van der Waals surface area (Å²) >= 11 is 0. The van der Waals surface area contributed by atoms with Crippen molar-refractivity contribution in [2.45, 2.75) is 26.7 Å². The number of rotatable bonds is 3. The Labute approximate surface area is 139 Å². The molecule has 0 atom stereocenters. The molecule has 1 aliphatic rings. The summed E-state index contributed by atoms with van der Waals surface area (Å²) in [5.74, 6) is 2.67. The van der Waals surface area contributed by atoms with Crippen LogP contribution in [0, 0.1) is 6.92 Å². The van der Waals surface area contributed by atoms with E-state index in [0.717, 1.165) is 43.5 Å². The lowest BCUT2D eigenvalue weighted by atomic mass is 10.2. The molecule has 4 rings (SSSR count). The van der Waals surface area contributed by atoms with Crippen LogP contribution in [0.25, 0.3) is 5.78 Å². The minimum atomic E-state index is 0.268. The van der Waals surface area contributed by atoms with Gasteiger partial charge in [0, 0.05) is 43.9 Å². The quantitative estimate of drug-likeness (QED) is 0.710. The Bertz CT molecular complexity index is 846. The molecule has 0 bridgehead atoms. The predicted octanol–water partition coefficient (Wildman–Crippen LogP) is 1.27. The van der Waals surface area contributed by atoms with E-state index in [-0.39, 0.29) is 5.92 Å². The van der Waals surface area contributed by atoms with E-state index in [2.05, 4.69) is 48.9 Å². The van der Waals surface area contributed by atoms with Crippen LogP contribution in [0.5, 0.6) is 0 Å². The Morgan fingerprint density at radius 2 is 1.83 bits per heavy atom. The van der Waals surface area contributed by atoms with Gasteiger partial charge in [-0.05, 0) is 6.92 Å². The smallest absolute Gasteiger partial charge is 0.324 e. The number of aryl methyl sites for hydroxylation is 1. The lowest BCUT2D eigenvalue weighted by molar-refractivity contribution is 0.400. The molecule has 1 fully saturated rings. The van der Waals surface area contributed by atoms with Crippen molar-refractivity contribution >= 4 is 17.6 Å². The molecule has 0 N–H and O–H groups in total. The second kappa shape index (κ2) is 5.73. The second-order valence-electron chi connectivity index (χ2n) is 6.29. The minimum Gasteiger partial charge on any atom is -0.353 e. The van der Waals surface area contributed by atoms with Gasteiger partial charge in [-0.3, -0.25) is 0 Å². The van der Waals surface area contributed by atoms with Crippen molar-refractivity contribution in [1.29, 1.82) is 0 Å². The zero-order valence-electron chi connectivity index (χ0n) is 14.0. The summed E-state index contributed by atoms with van der Waals surface area (Å²) in [5, 5.41) is 8.32. The number of anilines is 2. The van der Waals surface area contributed by atoms with E-state index in [4.69, 9.17) is 4.52 Å². The molecule has 3 aromatic heterocycles. The molecule has 1 aliphatic heterocycles.